The molecule has 1 rings (SSSR count). The molecule has 1 unspecified atom stereocenters. The van der Waals surface area contributed by atoms with Gasteiger partial charge in [-0.3, -0.25) is 14.4 Å². The standard InChI is InChI=1S/C16H20N2O4S/c1-10(2)15(21)23-13-7-5-12(6-8-13)17-9-14(20)16(4,18-22)11(3)19/h5-8,10,17H,9H2,1-4H3. The minimum atomic E-state index is -1.85. The van der Waals surface area contributed by atoms with Crippen LogP contribution in [-0.2, 0) is 14.4 Å². The number of carbonyl (C=O) groups is 3. The molecule has 0 aliphatic rings. The first kappa shape index (κ1) is 19.0. The van der Waals surface area contributed by atoms with Gasteiger partial charge < -0.3 is 5.32 Å². The highest BCUT2D eigenvalue weighted by Gasteiger charge is 2.39. The first-order valence-electron chi connectivity index (χ1n) is 7.15. The molecule has 1 aromatic carbocycles. The van der Waals surface area contributed by atoms with Crippen LogP contribution in [0.1, 0.15) is 27.7 Å². The Balaban J connectivity index is 2.66. The van der Waals surface area contributed by atoms with Crippen LogP contribution in [0.25, 0.3) is 0 Å². The average Bonchev–Trinajstić information content (AvgIpc) is 2.52. The lowest BCUT2D eigenvalue weighted by atomic mass is 9.93. The van der Waals surface area contributed by atoms with Crippen LogP contribution in [0.2, 0.25) is 0 Å². The van der Waals surface area contributed by atoms with E-state index in [1.165, 1.54) is 6.92 Å². The minimum absolute atomic E-state index is 0.0458. The molecule has 0 bridgehead atoms. The number of nitroso groups, excluding NO2 is 1. The molecule has 1 atom stereocenters. The highest BCUT2D eigenvalue weighted by molar-refractivity contribution is 8.13. The van der Waals surface area contributed by atoms with E-state index in [4.69, 9.17) is 0 Å². The molecule has 0 aliphatic heterocycles. The molecule has 6 nitrogen and oxygen atoms in total. The van der Waals surface area contributed by atoms with Crippen LogP contribution in [0, 0.1) is 10.8 Å². The van der Waals surface area contributed by atoms with Gasteiger partial charge in [-0.15, -0.1) is 4.91 Å². The average molecular weight is 336 g/mol. The number of nitrogens with zero attached hydrogens (tertiary/aromatic N) is 1. The largest absolute Gasteiger partial charge is 0.378 e. The summed E-state index contributed by atoms with van der Waals surface area (Å²) in [6.07, 6.45) is 0. The molecule has 0 fully saturated rings. The topological polar surface area (TPSA) is 92.7 Å². The molecule has 0 aromatic heterocycles. The molecule has 1 N–H and O–H groups in total. The second kappa shape index (κ2) is 8.01. The summed E-state index contributed by atoms with van der Waals surface area (Å²) < 4.78 is 0. The molecule has 23 heavy (non-hydrogen) atoms. The van der Waals surface area contributed by atoms with Gasteiger partial charge in [0.1, 0.15) is 0 Å². The van der Waals surface area contributed by atoms with Gasteiger partial charge in [-0.05, 0) is 43.3 Å². The molecule has 0 aliphatic carbocycles. The maximum absolute atomic E-state index is 12.0. The predicted molar refractivity (Wildman–Crippen MR) is 90.5 cm³/mol. The number of carbonyl (C=O) groups excluding carboxylic acids is 3. The van der Waals surface area contributed by atoms with Crippen LogP contribution < -0.4 is 5.32 Å². The third-order valence-electron chi connectivity index (χ3n) is 3.41. The normalized spacial score (nSPS) is 13.3. The molecule has 0 saturated carbocycles. The van der Waals surface area contributed by atoms with Crippen molar-refractivity contribution in [3.05, 3.63) is 29.2 Å². The maximum Gasteiger partial charge on any atom is 0.216 e. The Morgan fingerprint density at radius 2 is 1.78 bits per heavy atom. The van der Waals surface area contributed by atoms with Gasteiger partial charge in [0.05, 0.1) is 6.54 Å². The van der Waals surface area contributed by atoms with E-state index in [0.717, 1.165) is 23.6 Å². The lowest BCUT2D eigenvalue weighted by Gasteiger charge is -2.17. The molecule has 0 radical (unpaired) electrons. The van der Waals surface area contributed by atoms with Gasteiger partial charge in [-0.1, -0.05) is 25.6 Å². The van der Waals surface area contributed by atoms with Gasteiger partial charge >= 0.3 is 0 Å². The number of benzene rings is 1. The third kappa shape index (κ3) is 4.99. The number of Topliss-reactive ketones (excluding diaryl/α,β-unsaturated/α-hetero) is 2. The molecular formula is C16H20N2O4S. The molecule has 1 aromatic rings. The predicted octanol–water partition coefficient (Wildman–Crippen LogP) is 3.06. The lowest BCUT2D eigenvalue weighted by Crippen LogP contribution is -2.43. The molecule has 0 saturated heterocycles. The molecule has 0 amide bonds. The van der Waals surface area contributed by atoms with Gasteiger partial charge in [0.15, 0.2) is 16.7 Å². The first-order valence-corrected chi connectivity index (χ1v) is 7.97. The first-order chi connectivity index (χ1) is 10.7. The zero-order valence-corrected chi connectivity index (χ0v) is 14.4. The molecule has 0 heterocycles. The SMILES string of the molecule is CC(=O)C(C)(N=O)C(=O)CNc1ccc(SC(=O)C(C)C)cc1. The monoisotopic (exact) mass is 336 g/mol. The fourth-order valence-corrected chi connectivity index (χ4v) is 2.28. The number of nitrogens with one attached hydrogen (secondary N) is 1. The van der Waals surface area contributed by atoms with E-state index in [1.807, 2.05) is 13.8 Å². The minimum Gasteiger partial charge on any atom is -0.378 e. The third-order valence-corrected chi connectivity index (χ3v) is 4.59. The second-order valence-electron chi connectivity index (χ2n) is 5.60. The number of thioether (sulfide) groups is 1. The Morgan fingerprint density at radius 3 is 2.22 bits per heavy atom. The van der Waals surface area contributed by atoms with Crippen LogP contribution >= 0.6 is 11.8 Å². The van der Waals surface area contributed by atoms with Crippen molar-refractivity contribution in [2.24, 2.45) is 11.1 Å². The number of anilines is 1. The van der Waals surface area contributed by atoms with Gasteiger partial charge in [-0.25, -0.2) is 0 Å². The van der Waals surface area contributed by atoms with E-state index >= 15 is 0 Å². The summed E-state index contributed by atoms with van der Waals surface area (Å²) in [6.45, 7) is 5.87. The summed E-state index contributed by atoms with van der Waals surface area (Å²) in [5, 5.41) is 5.59. The Morgan fingerprint density at radius 1 is 1.22 bits per heavy atom. The lowest BCUT2D eigenvalue weighted by molar-refractivity contribution is -0.131. The van der Waals surface area contributed by atoms with Crippen LogP contribution in [0.4, 0.5) is 5.69 Å². The van der Waals surface area contributed by atoms with E-state index in [-0.39, 0.29) is 17.6 Å². The van der Waals surface area contributed by atoms with Crippen molar-refractivity contribution in [3.63, 3.8) is 0 Å². The number of hydrogen-bond acceptors (Lipinski definition) is 7. The number of rotatable bonds is 8. The Bertz CT molecular complexity index is 613. The number of ketones is 2. The zero-order chi connectivity index (χ0) is 17.6. The van der Waals surface area contributed by atoms with Gasteiger partial charge in [-0.2, -0.15) is 0 Å². The van der Waals surface area contributed by atoms with Crippen molar-refractivity contribution in [2.45, 2.75) is 38.1 Å². The van der Waals surface area contributed by atoms with Gasteiger partial charge in [0.25, 0.3) is 0 Å². The summed E-state index contributed by atoms with van der Waals surface area (Å²) in [5.41, 5.74) is -1.21. The molecule has 7 heteroatoms. The van der Waals surface area contributed by atoms with Gasteiger partial charge in [0.2, 0.25) is 5.54 Å². The van der Waals surface area contributed by atoms with E-state index in [0.29, 0.717) is 5.69 Å². The van der Waals surface area contributed by atoms with E-state index in [1.54, 1.807) is 24.3 Å². The Labute approximate surface area is 139 Å². The highest BCUT2D eigenvalue weighted by Crippen LogP contribution is 2.24. The van der Waals surface area contributed by atoms with Crippen LogP contribution in [-0.4, -0.2) is 28.8 Å². The van der Waals surface area contributed by atoms with Crippen molar-refractivity contribution in [1.29, 1.82) is 0 Å². The van der Waals surface area contributed by atoms with Crippen molar-refractivity contribution in [2.75, 3.05) is 11.9 Å². The van der Waals surface area contributed by atoms with E-state index in [9.17, 15) is 19.3 Å². The van der Waals surface area contributed by atoms with E-state index < -0.39 is 17.1 Å². The summed E-state index contributed by atoms with van der Waals surface area (Å²) in [6, 6.07) is 6.98. The smallest absolute Gasteiger partial charge is 0.216 e. The Hall–Kier alpha value is -2.02. The van der Waals surface area contributed by atoms with E-state index in [2.05, 4.69) is 10.5 Å². The fourth-order valence-electron chi connectivity index (χ4n) is 1.54. The number of hydrogen-bond donors (Lipinski definition) is 1. The molecular weight excluding hydrogens is 316 g/mol. The summed E-state index contributed by atoms with van der Waals surface area (Å²) in [5.74, 6) is -1.22. The summed E-state index contributed by atoms with van der Waals surface area (Å²) in [7, 11) is 0. The summed E-state index contributed by atoms with van der Waals surface area (Å²) in [4.78, 5) is 46.6. The van der Waals surface area contributed by atoms with Crippen LogP contribution in [0.3, 0.4) is 0 Å². The van der Waals surface area contributed by atoms with Crippen molar-refractivity contribution < 1.29 is 14.4 Å². The van der Waals surface area contributed by atoms with Crippen molar-refractivity contribution in [1.82, 2.24) is 0 Å². The highest BCUT2D eigenvalue weighted by atomic mass is 32.2. The van der Waals surface area contributed by atoms with Crippen LogP contribution in [0.5, 0.6) is 0 Å². The zero-order valence-electron chi connectivity index (χ0n) is 13.6. The maximum atomic E-state index is 12.0. The Kier molecular flexibility index (Phi) is 6.62. The second-order valence-corrected chi connectivity index (χ2v) is 6.67. The van der Waals surface area contributed by atoms with Crippen molar-refractivity contribution in [3.8, 4) is 0 Å². The molecule has 0 spiro atoms. The van der Waals surface area contributed by atoms with Gasteiger partial charge in [0, 0.05) is 16.5 Å². The van der Waals surface area contributed by atoms with Crippen molar-refractivity contribution >= 4 is 34.1 Å². The quantitative estimate of drug-likeness (QED) is 0.445. The van der Waals surface area contributed by atoms with Crippen LogP contribution in [0.15, 0.2) is 34.3 Å². The summed E-state index contributed by atoms with van der Waals surface area (Å²) >= 11 is 1.16. The molecule has 124 valence electrons. The fraction of sp³-hybridized carbons (Fsp3) is 0.438.